The molecule has 1 N–H and O–H groups in total. The van der Waals surface area contributed by atoms with Gasteiger partial charge in [-0.2, -0.15) is 4.98 Å². The lowest BCUT2D eigenvalue weighted by Gasteiger charge is -2.27. The van der Waals surface area contributed by atoms with E-state index in [1.165, 1.54) is 19.3 Å². The molecule has 0 radical (unpaired) electrons. The average molecular weight is 305 g/mol. The molecule has 2 saturated heterocycles. The number of hydrogen-bond acceptors (Lipinski definition) is 6. The van der Waals surface area contributed by atoms with Gasteiger partial charge in [0.15, 0.2) is 6.10 Å². The summed E-state index contributed by atoms with van der Waals surface area (Å²) in [6, 6.07) is 0. The number of aryl methyl sites for hydroxylation is 1. The second-order valence-electron chi connectivity index (χ2n) is 6.42. The Balaban J connectivity index is 1.62. The maximum Gasteiger partial charge on any atom is 0.228 e. The summed E-state index contributed by atoms with van der Waals surface area (Å²) < 4.78 is 11.3. The Morgan fingerprint density at radius 1 is 1.05 bits per heavy atom. The van der Waals surface area contributed by atoms with E-state index in [9.17, 15) is 5.11 Å². The van der Waals surface area contributed by atoms with E-state index >= 15 is 0 Å². The molecule has 0 bridgehead atoms. The fourth-order valence-corrected chi connectivity index (χ4v) is 3.50. The van der Waals surface area contributed by atoms with Gasteiger partial charge in [-0.3, -0.25) is 0 Å². The van der Waals surface area contributed by atoms with Gasteiger partial charge in [0, 0.05) is 18.7 Å². The van der Waals surface area contributed by atoms with Crippen LogP contribution in [0.5, 0.6) is 5.88 Å². The molecular formula is C16H23N3O3. The monoisotopic (exact) mass is 305 g/mol. The van der Waals surface area contributed by atoms with Crippen molar-refractivity contribution in [2.45, 2.75) is 50.7 Å². The molecule has 1 aromatic rings. The van der Waals surface area contributed by atoms with Crippen molar-refractivity contribution in [3.05, 3.63) is 11.3 Å². The van der Waals surface area contributed by atoms with Gasteiger partial charge in [-0.05, 0) is 38.5 Å². The topological polar surface area (TPSA) is 67.7 Å². The van der Waals surface area contributed by atoms with E-state index in [4.69, 9.17) is 19.4 Å². The van der Waals surface area contributed by atoms with Crippen molar-refractivity contribution in [3.8, 4) is 5.88 Å². The lowest BCUT2D eigenvalue weighted by molar-refractivity contribution is 0.0697. The quantitative estimate of drug-likeness (QED) is 0.902. The first-order valence-corrected chi connectivity index (χ1v) is 8.38. The summed E-state index contributed by atoms with van der Waals surface area (Å²) in [5.41, 5.74) is 2.25. The second kappa shape index (κ2) is 6.01. The molecular weight excluding hydrogens is 282 g/mol. The van der Waals surface area contributed by atoms with Crippen LogP contribution < -0.4 is 9.64 Å². The summed E-state index contributed by atoms with van der Waals surface area (Å²) in [7, 11) is 0. The van der Waals surface area contributed by atoms with Gasteiger partial charge in [-0.25, -0.2) is 4.98 Å². The molecule has 3 heterocycles. The summed E-state index contributed by atoms with van der Waals surface area (Å²) >= 11 is 0. The molecule has 0 saturated carbocycles. The van der Waals surface area contributed by atoms with E-state index in [1.807, 2.05) is 0 Å². The van der Waals surface area contributed by atoms with E-state index in [0.717, 1.165) is 49.6 Å². The van der Waals surface area contributed by atoms with Crippen molar-refractivity contribution in [1.82, 2.24) is 9.97 Å². The lowest BCUT2D eigenvalue weighted by atomic mass is 10.1. The fourth-order valence-electron chi connectivity index (χ4n) is 3.50. The van der Waals surface area contributed by atoms with Crippen molar-refractivity contribution in [1.29, 1.82) is 0 Å². The average Bonchev–Trinajstić information content (AvgIpc) is 3.17. The van der Waals surface area contributed by atoms with E-state index < -0.39 is 6.10 Å². The molecule has 120 valence electrons. The third-order valence-electron chi connectivity index (χ3n) is 4.79. The van der Waals surface area contributed by atoms with Crippen LogP contribution in [-0.2, 0) is 17.6 Å². The van der Waals surface area contributed by atoms with Gasteiger partial charge in [0.05, 0.1) is 18.9 Å². The summed E-state index contributed by atoms with van der Waals surface area (Å²) in [6.07, 6.45) is 5.88. The molecule has 0 spiro atoms. The molecule has 2 unspecified atom stereocenters. The predicted molar refractivity (Wildman–Crippen MR) is 81.4 cm³/mol. The Morgan fingerprint density at radius 3 is 2.68 bits per heavy atom. The smallest absolute Gasteiger partial charge is 0.228 e. The largest absolute Gasteiger partial charge is 0.469 e. The molecule has 2 atom stereocenters. The number of fused-ring (bicyclic) bond motifs is 1. The number of ether oxygens (including phenoxy) is 2. The highest BCUT2D eigenvalue weighted by atomic mass is 16.6. The van der Waals surface area contributed by atoms with Gasteiger partial charge in [0.25, 0.3) is 0 Å². The van der Waals surface area contributed by atoms with E-state index in [2.05, 4.69) is 4.90 Å². The normalized spacial score (nSPS) is 28.0. The number of rotatable bonds is 3. The minimum absolute atomic E-state index is 0.311. The molecule has 1 aliphatic carbocycles. The molecule has 2 aliphatic heterocycles. The number of hydrogen-bond donors (Lipinski definition) is 1. The Labute approximate surface area is 130 Å². The van der Waals surface area contributed by atoms with Gasteiger partial charge >= 0.3 is 0 Å². The number of aliphatic hydroxyl groups is 1. The first-order chi connectivity index (χ1) is 10.8. The highest BCUT2D eigenvalue weighted by molar-refractivity contribution is 5.43. The Morgan fingerprint density at radius 2 is 1.91 bits per heavy atom. The minimum Gasteiger partial charge on any atom is -0.469 e. The standard InChI is InChI=1S/C16H23N3O3/c20-13-9-21-10-14(13)22-15-11-5-4-6-12(11)17-16(18-15)19-7-2-1-3-8-19/h13-14,20H,1-10H2. The summed E-state index contributed by atoms with van der Waals surface area (Å²) in [6.45, 7) is 2.82. The summed E-state index contributed by atoms with van der Waals surface area (Å²) in [4.78, 5) is 11.7. The predicted octanol–water partition coefficient (Wildman–Crippen LogP) is 1.09. The van der Waals surface area contributed by atoms with Crippen LogP contribution in [0.2, 0.25) is 0 Å². The van der Waals surface area contributed by atoms with Crippen LogP contribution in [0.3, 0.4) is 0 Å². The number of aromatic nitrogens is 2. The van der Waals surface area contributed by atoms with E-state index in [0.29, 0.717) is 19.1 Å². The zero-order chi connectivity index (χ0) is 14.9. The van der Waals surface area contributed by atoms with Crippen molar-refractivity contribution in [2.24, 2.45) is 0 Å². The lowest BCUT2D eigenvalue weighted by Crippen LogP contribution is -2.33. The van der Waals surface area contributed by atoms with Crippen molar-refractivity contribution in [3.63, 3.8) is 0 Å². The molecule has 0 aromatic carbocycles. The first kappa shape index (κ1) is 14.2. The van der Waals surface area contributed by atoms with Crippen LogP contribution in [0.1, 0.15) is 36.9 Å². The molecule has 2 fully saturated rings. The minimum atomic E-state index is -0.564. The van der Waals surface area contributed by atoms with Crippen molar-refractivity contribution >= 4 is 5.95 Å². The number of anilines is 1. The van der Waals surface area contributed by atoms with Gasteiger partial charge in [0.1, 0.15) is 6.10 Å². The molecule has 4 rings (SSSR count). The number of nitrogens with zero attached hydrogens (tertiary/aromatic N) is 3. The number of aliphatic hydroxyl groups excluding tert-OH is 1. The summed E-state index contributed by atoms with van der Waals surface area (Å²) in [5, 5.41) is 9.91. The van der Waals surface area contributed by atoms with Crippen LogP contribution in [0.4, 0.5) is 5.95 Å². The second-order valence-corrected chi connectivity index (χ2v) is 6.42. The van der Waals surface area contributed by atoms with Crippen LogP contribution in [0.15, 0.2) is 0 Å². The van der Waals surface area contributed by atoms with Crippen LogP contribution in [-0.4, -0.2) is 53.6 Å². The third-order valence-corrected chi connectivity index (χ3v) is 4.79. The maximum atomic E-state index is 9.91. The maximum absolute atomic E-state index is 9.91. The van der Waals surface area contributed by atoms with Crippen LogP contribution in [0, 0.1) is 0 Å². The van der Waals surface area contributed by atoms with E-state index in [1.54, 1.807) is 0 Å². The Hall–Kier alpha value is -1.40. The Kier molecular flexibility index (Phi) is 3.88. The van der Waals surface area contributed by atoms with Crippen molar-refractivity contribution in [2.75, 3.05) is 31.2 Å². The van der Waals surface area contributed by atoms with Gasteiger partial charge in [-0.1, -0.05) is 0 Å². The highest BCUT2D eigenvalue weighted by Crippen LogP contribution is 2.32. The van der Waals surface area contributed by atoms with Gasteiger partial charge in [-0.15, -0.1) is 0 Å². The first-order valence-electron chi connectivity index (χ1n) is 8.38. The van der Waals surface area contributed by atoms with Gasteiger partial charge in [0.2, 0.25) is 11.8 Å². The third kappa shape index (κ3) is 2.65. The molecule has 6 nitrogen and oxygen atoms in total. The molecule has 6 heteroatoms. The Bertz CT molecular complexity index is 546. The highest BCUT2D eigenvalue weighted by Gasteiger charge is 2.31. The SMILES string of the molecule is OC1COCC1Oc1nc(N2CCCCC2)nc2c1CCC2. The number of piperidine rings is 1. The van der Waals surface area contributed by atoms with Gasteiger partial charge < -0.3 is 19.5 Å². The van der Waals surface area contributed by atoms with Crippen molar-refractivity contribution < 1.29 is 14.6 Å². The molecule has 3 aliphatic rings. The van der Waals surface area contributed by atoms with E-state index in [-0.39, 0.29) is 6.10 Å². The van der Waals surface area contributed by atoms with Crippen LogP contribution in [0.25, 0.3) is 0 Å². The fraction of sp³-hybridized carbons (Fsp3) is 0.750. The zero-order valence-electron chi connectivity index (χ0n) is 12.8. The summed E-state index contributed by atoms with van der Waals surface area (Å²) in [5.74, 6) is 1.46. The van der Waals surface area contributed by atoms with Crippen LogP contribution >= 0.6 is 0 Å². The molecule has 0 amide bonds. The molecule has 22 heavy (non-hydrogen) atoms. The molecule has 1 aromatic heterocycles. The zero-order valence-corrected chi connectivity index (χ0v) is 12.8.